The quantitative estimate of drug-likeness (QED) is 0.611. The first-order valence-electron chi connectivity index (χ1n) is 4.62. The van der Waals surface area contributed by atoms with Crippen molar-refractivity contribution in [3.05, 3.63) is 0 Å². The smallest absolute Gasteiger partial charge is 0.0221 e. The van der Waals surface area contributed by atoms with Crippen LogP contribution in [0.5, 0.6) is 0 Å². The number of hydrogen-bond acceptors (Lipinski definition) is 2. The normalized spacial score (nSPS) is 34.6. The van der Waals surface area contributed by atoms with E-state index in [0.29, 0.717) is 18.1 Å². The molecule has 1 aliphatic heterocycles. The maximum absolute atomic E-state index is 3.47. The van der Waals surface area contributed by atoms with E-state index in [9.17, 15) is 0 Å². The third-order valence-corrected chi connectivity index (χ3v) is 2.75. The first kappa shape index (κ1) is 9.01. The van der Waals surface area contributed by atoms with Gasteiger partial charge in [-0.3, -0.25) is 4.90 Å². The van der Waals surface area contributed by atoms with Gasteiger partial charge in [-0.1, -0.05) is 0 Å². The molecule has 0 aliphatic carbocycles. The van der Waals surface area contributed by atoms with Crippen LogP contribution in [0.25, 0.3) is 0 Å². The first-order chi connectivity index (χ1) is 5.13. The lowest BCUT2D eigenvalue weighted by Crippen LogP contribution is -2.57. The van der Waals surface area contributed by atoms with Crippen LogP contribution in [0.2, 0.25) is 0 Å². The highest BCUT2D eigenvalue weighted by molar-refractivity contribution is 4.84. The van der Waals surface area contributed by atoms with Crippen molar-refractivity contribution in [3.8, 4) is 0 Å². The van der Waals surface area contributed by atoms with Crippen LogP contribution in [0.1, 0.15) is 27.7 Å². The minimum atomic E-state index is 0.645. The Morgan fingerprint density at radius 2 is 2.00 bits per heavy atom. The molecule has 66 valence electrons. The van der Waals surface area contributed by atoms with E-state index in [1.165, 1.54) is 6.54 Å². The molecule has 1 saturated heterocycles. The Bertz CT molecular complexity index is 123. The third-order valence-electron chi connectivity index (χ3n) is 2.75. The second-order valence-corrected chi connectivity index (χ2v) is 3.81. The molecule has 0 aromatic carbocycles. The highest BCUT2D eigenvalue weighted by Crippen LogP contribution is 2.11. The van der Waals surface area contributed by atoms with Gasteiger partial charge in [-0.25, -0.2) is 0 Å². The van der Waals surface area contributed by atoms with Crippen molar-refractivity contribution < 1.29 is 0 Å². The molecule has 0 saturated carbocycles. The van der Waals surface area contributed by atoms with Crippen LogP contribution >= 0.6 is 0 Å². The lowest BCUT2D eigenvalue weighted by atomic mass is 10.1. The summed E-state index contributed by atoms with van der Waals surface area (Å²) in [5, 5.41) is 3.47. The summed E-state index contributed by atoms with van der Waals surface area (Å²) in [6, 6.07) is 2.02. The molecule has 0 bridgehead atoms. The van der Waals surface area contributed by atoms with Crippen molar-refractivity contribution >= 4 is 0 Å². The zero-order valence-electron chi connectivity index (χ0n) is 8.09. The predicted octanol–water partition coefficient (Wildman–Crippen LogP) is 1.08. The van der Waals surface area contributed by atoms with Crippen LogP contribution in [0.3, 0.4) is 0 Å². The molecule has 11 heavy (non-hydrogen) atoms. The number of nitrogens with zero attached hydrogens (tertiary/aromatic N) is 1. The van der Waals surface area contributed by atoms with Gasteiger partial charge in [0.15, 0.2) is 0 Å². The molecule has 2 atom stereocenters. The largest absolute Gasteiger partial charge is 0.311 e. The Hall–Kier alpha value is -0.0800. The molecule has 2 nitrogen and oxygen atoms in total. The van der Waals surface area contributed by atoms with Crippen molar-refractivity contribution in [2.24, 2.45) is 0 Å². The van der Waals surface area contributed by atoms with Gasteiger partial charge in [-0.05, 0) is 27.7 Å². The fraction of sp³-hybridized carbons (Fsp3) is 1.00. The van der Waals surface area contributed by atoms with Gasteiger partial charge in [0.2, 0.25) is 0 Å². The molecule has 1 heterocycles. The van der Waals surface area contributed by atoms with Crippen LogP contribution in [-0.2, 0) is 0 Å². The fourth-order valence-corrected chi connectivity index (χ4v) is 1.81. The second kappa shape index (κ2) is 3.55. The average molecular weight is 156 g/mol. The van der Waals surface area contributed by atoms with Crippen molar-refractivity contribution in [2.45, 2.75) is 45.8 Å². The molecule has 1 N–H and O–H groups in total. The van der Waals surface area contributed by atoms with Gasteiger partial charge in [0.1, 0.15) is 0 Å². The SMILES string of the molecule is CC1NCCN(C(C)C)C1C. The van der Waals surface area contributed by atoms with E-state index in [2.05, 4.69) is 37.9 Å². The Morgan fingerprint density at radius 1 is 1.36 bits per heavy atom. The minimum Gasteiger partial charge on any atom is -0.311 e. The zero-order chi connectivity index (χ0) is 8.43. The number of rotatable bonds is 1. The van der Waals surface area contributed by atoms with Gasteiger partial charge in [0.25, 0.3) is 0 Å². The summed E-state index contributed by atoms with van der Waals surface area (Å²) in [7, 11) is 0. The topological polar surface area (TPSA) is 15.3 Å². The van der Waals surface area contributed by atoms with Crippen LogP contribution in [-0.4, -0.2) is 36.1 Å². The molecule has 2 unspecified atom stereocenters. The Labute approximate surface area is 70.0 Å². The summed E-state index contributed by atoms with van der Waals surface area (Å²) < 4.78 is 0. The van der Waals surface area contributed by atoms with Crippen LogP contribution < -0.4 is 5.32 Å². The zero-order valence-corrected chi connectivity index (χ0v) is 8.09. The van der Waals surface area contributed by atoms with E-state index < -0.39 is 0 Å². The third kappa shape index (κ3) is 1.94. The summed E-state index contributed by atoms with van der Waals surface area (Å²) in [5.74, 6) is 0. The van der Waals surface area contributed by atoms with Gasteiger partial charge in [0.05, 0.1) is 0 Å². The van der Waals surface area contributed by atoms with E-state index >= 15 is 0 Å². The van der Waals surface area contributed by atoms with Crippen LogP contribution in [0, 0.1) is 0 Å². The Balaban J connectivity index is 2.51. The number of hydrogen-bond donors (Lipinski definition) is 1. The summed E-state index contributed by atoms with van der Waals surface area (Å²) in [6.07, 6.45) is 0. The van der Waals surface area contributed by atoms with E-state index in [1.807, 2.05) is 0 Å². The monoisotopic (exact) mass is 156 g/mol. The molecule has 0 amide bonds. The molecule has 0 aromatic rings. The van der Waals surface area contributed by atoms with Crippen molar-refractivity contribution in [1.82, 2.24) is 10.2 Å². The summed E-state index contributed by atoms with van der Waals surface area (Å²) in [5.41, 5.74) is 0. The van der Waals surface area contributed by atoms with Crippen molar-refractivity contribution in [1.29, 1.82) is 0 Å². The van der Waals surface area contributed by atoms with Gasteiger partial charge in [-0.15, -0.1) is 0 Å². The highest BCUT2D eigenvalue weighted by Gasteiger charge is 2.25. The van der Waals surface area contributed by atoms with E-state index in [-0.39, 0.29) is 0 Å². The predicted molar refractivity (Wildman–Crippen MR) is 48.8 cm³/mol. The molecular weight excluding hydrogens is 136 g/mol. The maximum atomic E-state index is 3.47. The fourth-order valence-electron chi connectivity index (χ4n) is 1.81. The molecule has 1 fully saturated rings. The molecule has 2 heteroatoms. The molecule has 0 radical (unpaired) electrons. The number of piperazine rings is 1. The van der Waals surface area contributed by atoms with Crippen molar-refractivity contribution in [3.63, 3.8) is 0 Å². The van der Waals surface area contributed by atoms with Crippen molar-refractivity contribution in [2.75, 3.05) is 13.1 Å². The number of nitrogens with one attached hydrogen (secondary N) is 1. The van der Waals surface area contributed by atoms with Gasteiger partial charge in [0, 0.05) is 31.2 Å². The second-order valence-electron chi connectivity index (χ2n) is 3.81. The lowest BCUT2D eigenvalue weighted by Gasteiger charge is -2.41. The summed E-state index contributed by atoms with van der Waals surface area (Å²) in [4.78, 5) is 2.56. The molecule has 1 aliphatic rings. The summed E-state index contributed by atoms with van der Waals surface area (Å²) in [6.45, 7) is 11.5. The van der Waals surface area contributed by atoms with E-state index in [4.69, 9.17) is 0 Å². The average Bonchev–Trinajstić information content (AvgIpc) is 1.94. The van der Waals surface area contributed by atoms with E-state index in [1.54, 1.807) is 0 Å². The molecule has 0 aromatic heterocycles. The highest BCUT2D eigenvalue weighted by atomic mass is 15.2. The molecule has 1 rings (SSSR count). The minimum absolute atomic E-state index is 0.645. The van der Waals surface area contributed by atoms with Gasteiger partial charge in [-0.2, -0.15) is 0 Å². The molecule has 0 spiro atoms. The maximum Gasteiger partial charge on any atom is 0.0221 e. The van der Waals surface area contributed by atoms with Crippen LogP contribution in [0.15, 0.2) is 0 Å². The lowest BCUT2D eigenvalue weighted by molar-refractivity contribution is 0.105. The van der Waals surface area contributed by atoms with Gasteiger partial charge < -0.3 is 5.32 Å². The van der Waals surface area contributed by atoms with E-state index in [0.717, 1.165) is 6.54 Å². The van der Waals surface area contributed by atoms with Crippen LogP contribution in [0.4, 0.5) is 0 Å². The Morgan fingerprint density at radius 3 is 2.45 bits per heavy atom. The standard InChI is InChI=1S/C9H20N2/c1-7(2)11-6-5-10-8(3)9(11)4/h7-10H,5-6H2,1-4H3. The molecular formula is C9H20N2. The Kier molecular flexibility index (Phi) is 2.90. The summed E-state index contributed by atoms with van der Waals surface area (Å²) >= 11 is 0. The first-order valence-corrected chi connectivity index (χ1v) is 4.62. The van der Waals surface area contributed by atoms with Gasteiger partial charge >= 0.3 is 0 Å².